The van der Waals surface area contributed by atoms with Crippen molar-refractivity contribution in [2.24, 2.45) is 11.1 Å². The summed E-state index contributed by atoms with van der Waals surface area (Å²) in [5, 5.41) is 0. The number of aromatic amines is 1. The average Bonchev–Trinajstić information content (AvgIpc) is 2.69. The SMILES string of the molecule is CN(Cc1ccc[nH]1)C(=O)C(C)(C)CN. The Kier molecular flexibility index (Phi) is 3.52. The van der Waals surface area contributed by atoms with E-state index in [2.05, 4.69) is 4.98 Å². The lowest BCUT2D eigenvalue weighted by atomic mass is 9.92. The predicted molar refractivity (Wildman–Crippen MR) is 60.1 cm³/mol. The quantitative estimate of drug-likeness (QED) is 0.775. The van der Waals surface area contributed by atoms with Crippen LogP contribution in [0.25, 0.3) is 0 Å². The number of aromatic nitrogens is 1. The molecule has 4 heteroatoms. The molecule has 0 aromatic carbocycles. The van der Waals surface area contributed by atoms with Crippen molar-refractivity contribution in [1.29, 1.82) is 0 Å². The van der Waals surface area contributed by atoms with Gasteiger partial charge in [-0.15, -0.1) is 0 Å². The van der Waals surface area contributed by atoms with Gasteiger partial charge in [0.05, 0.1) is 12.0 Å². The first kappa shape index (κ1) is 11.8. The molecule has 3 N–H and O–H groups in total. The highest BCUT2D eigenvalue weighted by molar-refractivity contribution is 5.81. The van der Waals surface area contributed by atoms with Crippen LogP contribution in [0.1, 0.15) is 19.5 Å². The minimum absolute atomic E-state index is 0.0691. The Bertz CT molecular complexity index is 317. The number of hydrogen-bond acceptors (Lipinski definition) is 2. The Morgan fingerprint density at radius 2 is 2.27 bits per heavy atom. The zero-order valence-corrected chi connectivity index (χ0v) is 9.58. The van der Waals surface area contributed by atoms with Crippen LogP contribution in [-0.4, -0.2) is 29.4 Å². The summed E-state index contributed by atoms with van der Waals surface area (Å²) in [7, 11) is 1.79. The standard InChI is InChI=1S/C11H19N3O/c1-11(2,8-12)10(15)14(3)7-9-5-4-6-13-9/h4-6,13H,7-8,12H2,1-3H3. The van der Waals surface area contributed by atoms with Gasteiger partial charge in [-0.25, -0.2) is 0 Å². The van der Waals surface area contributed by atoms with Crippen molar-refractivity contribution in [3.8, 4) is 0 Å². The van der Waals surface area contributed by atoms with E-state index < -0.39 is 5.41 Å². The van der Waals surface area contributed by atoms with Gasteiger partial charge in [-0.1, -0.05) is 0 Å². The molecule has 15 heavy (non-hydrogen) atoms. The average molecular weight is 209 g/mol. The number of H-pyrrole nitrogens is 1. The third kappa shape index (κ3) is 2.83. The first-order valence-corrected chi connectivity index (χ1v) is 5.05. The van der Waals surface area contributed by atoms with Crippen LogP contribution in [-0.2, 0) is 11.3 Å². The number of rotatable bonds is 4. The summed E-state index contributed by atoms with van der Waals surface area (Å²) < 4.78 is 0. The second kappa shape index (κ2) is 4.49. The summed E-state index contributed by atoms with van der Waals surface area (Å²) in [4.78, 5) is 16.7. The maximum atomic E-state index is 12.0. The Labute approximate surface area is 90.5 Å². The van der Waals surface area contributed by atoms with Crippen LogP contribution in [0.4, 0.5) is 0 Å². The molecule has 0 radical (unpaired) electrons. The number of nitrogens with one attached hydrogen (secondary N) is 1. The van der Waals surface area contributed by atoms with Crippen molar-refractivity contribution < 1.29 is 4.79 Å². The predicted octanol–water partition coefficient (Wildman–Crippen LogP) is 0.958. The van der Waals surface area contributed by atoms with Gasteiger partial charge in [0.1, 0.15) is 0 Å². The van der Waals surface area contributed by atoms with Crippen LogP contribution >= 0.6 is 0 Å². The summed E-state index contributed by atoms with van der Waals surface area (Å²) in [6, 6.07) is 3.88. The van der Waals surface area contributed by atoms with Crippen molar-refractivity contribution in [1.82, 2.24) is 9.88 Å². The minimum atomic E-state index is -0.485. The van der Waals surface area contributed by atoms with Crippen LogP contribution in [0.5, 0.6) is 0 Å². The van der Waals surface area contributed by atoms with Gasteiger partial charge in [0.15, 0.2) is 0 Å². The molecular weight excluding hydrogens is 190 g/mol. The van der Waals surface area contributed by atoms with Gasteiger partial charge in [-0.3, -0.25) is 4.79 Å². The Morgan fingerprint density at radius 1 is 1.60 bits per heavy atom. The lowest BCUT2D eigenvalue weighted by Gasteiger charge is -2.27. The highest BCUT2D eigenvalue weighted by atomic mass is 16.2. The fourth-order valence-electron chi connectivity index (χ4n) is 1.40. The molecule has 0 unspecified atom stereocenters. The van der Waals surface area contributed by atoms with E-state index in [0.29, 0.717) is 13.1 Å². The van der Waals surface area contributed by atoms with Crippen LogP contribution < -0.4 is 5.73 Å². The van der Waals surface area contributed by atoms with E-state index in [9.17, 15) is 4.79 Å². The van der Waals surface area contributed by atoms with Gasteiger partial charge >= 0.3 is 0 Å². The largest absolute Gasteiger partial charge is 0.364 e. The molecule has 0 saturated carbocycles. The van der Waals surface area contributed by atoms with Crippen LogP contribution in [0.3, 0.4) is 0 Å². The Morgan fingerprint density at radius 3 is 2.73 bits per heavy atom. The van der Waals surface area contributed by atoms with E-state index in [4.69, 9.17) is 5.73 Å². The summed E-state index contributed by atoms with van der Waals surface area (Å²) in [5.41, 5.74) is 6.10. The van der Waals surface area contributed by atoms with Crippen LogP contribution in [0.15, 0.2) is 18.3 Å². The van der Waals surface area contributed by atoms with Gasteiger partial charge in [-0.05, 0) is 26.0 Å². The molecule has 84 valence electrons. The molecule has 0 aliphatic heterocycles. The summed E-state index contributed by atoms with van der Waals surface area (Å²) in [6.45, 7) is 4.68. The zero-order chi connectivity index (χ0) is 11.5. The zero-order valence-electron chi connectivity index (χ0n) is 9.58. The molecule has 1 heterocycles. The van der Waals surface area contributed by atoms with Gasteiger partial charge in [0.2, 0.25) is 5.91 Å². The van der Waals surface area contributed by atoms with E-state index in [1.807, 2.05) is 32.2 Å². The van der Waals surface area contributed by atoms with Crippen molar-refractivity contribution in [3.63, 3.8) is 0 Å². The fourth-order valence-corrected chi connectivity index (χ4v) is 1.40. The topological polar surface area (TPSA) is 62.1 Å². The molecule has 1 aromatic rings. The number of amides is 1. The highest BCUT2D eigenvalue weighted by Gasteiger charge is 2.28. The second-order valence-corrected chi connectivity index (χ2v) is 4.44. The molecule has 4 nitrogen and oxygen atoms in total. The van der Waals surface area contributed by atoms with Crippen molar-refractivity contribution in [2.45, 2.75) is 20.4 Å². The number of carbonyl (C=O) groups is 1. The molecule has 1 rings (SSSR count). The van der Waals surface area contributed by atoms with Crippen LogP contribution in [0.2, 0.25) is 0 Å². The molecular formula is C11H19N3O. The highest BCUT2D eigenvalue weighted by Crippen LogP contribution is 2.17. The molecule has 0 atom stereocenters. The summed E-state index contributed by atoms with van der Waals surface area (Å²) in [5.74, 6) is 0.0691. The van der Waals surface area contributed by atoms with E-state index >= 15 is 0 Å². The minimum Gasteiger partial charge on any atom is -0.364 e. The van der Waals surface area contributed by atoms with E-state index in [1.54, 1.807) is 11.9 Å². The number of hydrogen-bond donors (Lipinski definition) is 2. The second-order valence-electron chi connectivity index (χ2n) is 4.44. The third-order valence-corrected chi connectivity index (χ3v) is 2.51. The lowest BCUT2D eigenvalue weighted by molar-refractivity contribution is -0.139. The van der Waals surface area contributed by atoms with Crippen molar-refractivity contribution >= 4 is 5.91 Å². The summed E-state index contributed by atoms with van der Waals surface area (Å²) in [6.07, 6.45) is 1.85. The number of carbonyl (C=O) groups excluding carboxylic acids is 1. The maximum Gasteiger partial charge on any atom is 0.229 e. The summed E-state index contributed by atoms with van der Waals surface area (Å²) >= 11 is 0. The third-order valence-electron chi connectivity index (χ3n) is 2.51. The monoisotopic (exact) mass is 209 g/mol. The normalized spacial score (nSPS) is 11.5. The molecule has 1 amide bonds. The van der Waals surface area contributed by atoms with E-state index in [1.165, 1.54) is 0 Å². The fraction of sp³-hybridized carbons (Fsp3) is 0.545. The number of nitrogens with two attached hydrogens (primary N) is 1. The molecule has 0 spiro atoms. The molecule has 0 aliphatic rings. The molecule has 1 aromatic heterocycles. The molecule has 0 aliphatic carbocycles. The lowest BCUT2D eigenvalue weighted by Crippen LogP contribution is -2.42. The van der Waals surface area contributed by atoms with Crippen LogP contribution in [0, 0.1) is 5.41 Å². The van der Waals surface area contributed by atoms with Gasteiger partial charge in [-0.2, -0.15) is 0 Å². The number of nitrogens with zero attached hydrogens (tertiary/aromatic N) is 1. The van der Waals surface area contributed by atoms with Gasteiger partial charge in [0, 0.05) is 25.5 Å². The Hall–Kier alpha value is -1.29. The Balaban J connectivity index is 2.61. The first-order valence-electron chi connectivity index (χ1n) is 5.05. The smallest absolute Gasteiger partial charge is 0.229 e. The van der Waals surface area contributed by atoms with Crippen molar-refractivity contribution in [2.75, 3.05) is 13.6 Å². The van der Waals surface area contributed by atoms with Gasteiger partial charge in [0.25, 0.3) is 0 Å². The van der Waals surface area contributed by atoms with E-state index in [-0.39, 0.29) is 5.91 Å². The van der Waals surface area contributed by atoms with Crippen molar-refractivity contribution in [3.05, 3.63) is 24.0 Å². The van der Waals surface area contributed by atoms with Gasteiger partial charge < -0.3 is 15.6 Å². The molecule has 0 bridgehead atoms. The molecule has 0 fully saturated rings. The van der Waals surface area contributed by atoms with E-state index in [0.717, 1.165) is 5.69 Å². The molecule has 0 saturated heterocycles. The maximum absolute atomic E-state index is 12.0. The first-order chi connectivity index (χ1) is 6.97.